The third-order valence-electron chi connectivity index (χ3n) is 13.0. The van der Waals surface area contributed by atoms with Gasteiger partial charge in [-0.05, 0) is 51.4 Å². The van der Waals surface area contributed by atoms with Crippen LogP contribution >= 0.6 is 0 Å². The second-order valence-corrected chi connectivity index (χ2v) is 18.9. The van der Waals surface area contributed by atoms with Gasteiger partial charge in [0.15, 0.2) is 6.29 Å². The lowest BCUT2D eigenvalue weighted by Crippen LogP contribution is -2.60. The summed E-state index contributed by atoms with van der Waals surface area (Å²) in [7, 11) is 0. The fraction of sp³-hybridized carbons (Fsp3) is 0.906. The van der Waals surface area contributed by atoms with E-state index in [0.717, 1.165) is 38.5 Å². The first-order valence-corrected chi connectivity index (χ1v) is 26.7. The average molecular weight is 912 g/mol. The molecule has 1 heterocycles. The zero-order chi connectivity index (χ0) is 46.9. The van der Waals surface area contributed by atoms with Crippen LogP contribution in [0.5, 0.6) is 0 Å². The van der Waals surface area contributed by atoms with Gasteiger partial charge in [0, 0.05) is 0 Å². The minimum Gasteiger partial charge on any atom is -0.394 e. The summed E-state index contributed by atoms with van der Waals surface area (Å²) in [4.78, 5) is 13.1. The maximum atomic E-state index is 13.1. The number of rotatable bonds is 45. The monoisotopic (exact) mass is 912 g/mol. The molecule has 1 saturated heterocycles. The molecule has 0 aromatic carbocycles. The van der Waals surface area contributed by atoms with Crippen LogP contribution < -0.4 is 5.32 Å². The minimum absolute atomic E-state index is 0.249. The number of carbonyl (C=O) groups excluding carboxylic acids is 1. The van der Waals surface area contributed by atoms with Crippen LogP contribution in [-0.2, 0) is 14.3 Å². The maximum absolute atomic E-state index is 13.1. The van der Waals surface area contributed by atoms with E-state index in [2.05, 4.69) is 43.5 Å². The van der Waals surface area contributed by atoms with E-state index in [1.54, 1.807) is 0 Å². The Hall–Kier alpha value is -1.41. The minimum atomic E-state index is -1.67. The summed E-state index contributed by atoms with van der Waals surface area (Å²) >= 11 is 0. The van der Waals surface area contributed by atoms with Crippen LogP contribution in [0.1, 0.15) is 239 Å². The molecule has 1 amide bonds. The first-order valence-electron chi connectivity index (χ1n) is 26.7. The molecule has 378 valence electrons. The van der Waals surface area contributed by atoms with Gasteiger partial charge in [-0.25, -0.2) is 0 Å². The summed E-state index contributed by atoms with van der Waals surface area (Å²) < 4.78 is 11.1. The number of nitrogens with one attached hydrogen (secondary N) is 1. The molecular formula is C53H101NO10. The second-order valence-electron chi connectivity index (χ2n) is 18.9. The smallest absolute Gasteiger partial charge is 0.249 e. The molecule has 0 aromatic heterocycles. The van der Waals surface area contributed by atoms with Crippen LogP contribution in [0.15, 0.2) is 24.3 Å². The number of ether oxygens (including phenoxy) is 2. The van der Waals surface area contributed by atoms with Crippen LogP contribution in [0, 0.1) is 0 Å². The van der Waals surface area contributed by atoms with Crippen molar-refractivity contribution in [3.05, 3.63) is 24.3 Å². The average Bonchev–Trinajstić information content (AvgIpc) is 3.29. The Morgan fingerprint density at radius 1 is 0.531 bits per heavy atom. The highest BCUT2D eigenvalue weighted by Gasteiger charge is 2.44. The highest BCUT2D eigenvalue weighted by Crippen LogP contribution is 2.23. The van der Waals surface area contributed by atoms with Crippen molar-refractivity contribution in [3.63, 3.8) is 0 Å². The van der Waals surface area contributed by atoms with Crippen molar-refractivity contribution in [1.82, 2.24) is 5.32 Å². The number of allylic oxidation sites excluding steroid dienone is 4. The van der Waals surface area contributed by atoms with Crippen molar-refractivity contribution in [2.24, 2.45) is 0 Å². The molecule has 0 spiro atoms. The van der Waals surface area contributed by atoms with Crippen LogP contribution in [0.2, 0.25) is 0 Å². The molecule has 9 unspecified atom stereocenters. The van der Waals surface area contributed by atoms with Gasteiger partial charge in [-0.2, -0.15) is 0 Å². The molecule has 0 saturated carbocycles. The summed E-state index contributed by atoms with van der Waals surface area (Å²) in [5.74, 6) is -0.707. The fourth-order valence-corrected chi connectivity index (χ4v) is 8.58. The van der Waals surface area contributed by atoms with E-state index in [-0.39, 0.29) is 12.8 Å². The molecule has 1 fully saturated rings. The number of hydrogen-bond acceptors (Lipinski definition) is 10. The predicted octanol–water partition coefficient (Wildman–Crippen LogP) is 10.2. The molecule has 0 bridgehead atoms. The van der Waals surface area contributed by atoms with E-state index in [1.807, 2.05) is 0 Å². The van der Waals surface area contributed by atoms with Crippen molar-refractivity contribution in [2.75, 3.05) is 13.2 Å². The quantitative estimate of drug-likeness (QED) is 0.0216. The first-order chi connectivity index (χ1) is 31.2. The van der Waals surface area contributed by atoms with Gasteiger partial charge in [0.2, 0.25) is 5.91 Å². The summed E-state index contributed by atoms with van der Waals surface area (Å²) in [5.41, 5.74) is 0. The number of hydrogen-bond donors (Lipinski definition) is 8. The van der Waals surface area contributed by atoms with Gasteiger partial charge in [0.25, 0.3) is 0 Å². The van der Waals surface area contributed by atoms with Gasteiger partial charge in [-0.15, -0.1) is 0 Å². The third kappa shape index (κ3) is 31.5. The van der Waals surface area contributed by atoms with E-state index in [9.17, 15) is 40.5 Å². The van der Waals surface area contributed by atoms with E-state index in [1.165, 1.54) is 154 Å². The molecule has 11 nitrogen and oxygen atoms in total. The third-order valence-corrected chi connectivity index (χ3v) is 13.0. The molecular weight excluding hydrogens is 811 g/mol. The maximum Gasteiger partial charge on any atom is 0.249 e. The van der Waals surface area contributed by atoms with Crippen LogP contribution in [0.3, 0.4) is 0 Å². The van der Waals surface area contributed by atoms with Crippen molar-refractivity contribution >= 4 is 5.91 Å². The van der Waals surface area contributed by atoms with Gasteiger partial charge in [0.05, 0.1) is 25.4 Å². The molecule has 8 N–H and O–H groups in total. The van der Waals surface area contributed by atoms with Gasteiger partial charge in [-0.3, -0.25) is 4.79 Å². The Kier molecular flexibility index (Phi) is 40.6. The molecule has 0 aromatic rings. The predicted molar refractivity (Wildman–Crippen MR) is 261 cm³/mol. The topological polar surface area (TPSA) is 189 Å². The highest BCUT2D eigenvalue weighted by atomic mass is 16.7. The Morgan fingerprint density at radius 3 is 1.39 bits per heavy atom. The largest absolute Gasteiger partial charge is 0.394 e. The van der Waals surface area contributed by atoms with E-state index in [4.69, 9.17) is 9.47 Å². The number of unbranched alkanes of at least 4 members (excludes halogenated alkanes) is 29. The lowest BCUT2D eigenvalue weighted by molar-refractivity contribution is -0.303. The van der Waals surface area contributed by atoms with Crippen molar-refractivity contribution in [2.45, 2.75) is 294 Å². The Bertz CT molecular complexity index is 1090. The van der Waals surface area contributed by atoms with Crippen LogP contribution in [0.4, 0.5) is 0 Å². The summed E-state index contributed by atoms with van der Waals surface area (Å²) in [6.07, 6.45) is 38.0. The normalized spacial score (nSPS) is 21.2. The van der Waals surface area contributed by atoms with Crippen molar-refractivity contribution in [3.8, 4) is 0 Å². The Labute approximate surface area is 391 Å². The van der Waals surface area contributed by atoms with Gasteiger partial charge < -0.3 is 50.5 Å². The molecule has 9 atom stereocenters. The van der Waals surface area contributed by atoms with E-state index >= 15 is 0 Å². The SMILES string of the molecule is CCCCCCCCCCCCC/C=C/CC/C=C/CCCC(O)C(O)C(COC1OC(CO)C(O)C(O)C1O)NC(=O)C(O)CCCCCCCCCCCCCCCCCCC. The van der Waals surface area contributed by atoms with Crippen LogP contribution in [0.25, 0.3) is 0 Å². The Balaban J connectivity index is 2.40. The molecule has 0 radical (unpaired) electrons. The molecule has 1 rings (SSSR count). The lowest BCUT2D eigenvalue weighted by Gasteiger charge is -2.40. The molecule has 64 heavy (non-hydrogen) atoms. The summed E-state index contributed by atoms with van der Waals surface area (Å²) in [6.45, 7) is 3.45. The van der Waals surface area contributed by atoms with Gasteiger partial charge in [-0.1, -0.05) is 212 Å². The van der Waals surface area contributed by atoms with E-state index < -0.39 is 74.2 Å². The Morgan fingerprint density at radius 2 is 0.938 bits per heavy atom. The standard InChI is InChI=1S/C53H101NO10/c1-3-5-7-9-11-13-15-17-19-21-22-23-25-26-28-30-32-34-36-38-40-45(56)48(58)44(43-63-53-51(61)50(60)49(59)47(42-55)64-53)54-52(62)46(57)41-39-37-35-33-31-29-27-24-20-18-16-14-12-10-8-6-4-2/h25-26,32,34,44-51,53,55-61H,3-24,27-31,33,35-43H2,1-2H3,(H,54,62)/b26-25+,34-32+. The number of carbonyl (C=O) groups is 1. The van der Waals surface area contributed by atoms with Crippen molar-refractivity contribution < 1.29 is 50.0 Å². The van der Waals surface area contributed by atoms with Crippen molar-refractivity contribution in [1.29, 1.82) is 0 Å². The molecule has 1 aliphatic heterocycles. The summed E-state index contributed by atoms with van der Waals surface area (Å²) in [6, 6.07) is -1.19. The number of aliphatic hydroxyl groups excluding tert-OH is 7. The van der Waals surface area contributed by atoms with E-state index in [0.29, 0.717) is 19.3 Å². The second kappa shape index (κ2) is 42.9. The molecule has 11 heteroatoms. The number of aliphatic hydroxyl groups is 7. The first kappa shape index (κ1) is 60.6. The molecule has 0 aliphatic carbocycles. The van der Waals surface area contributed by atoms with Gasteiger partial charge in [0.1, 0.15) is 36.6 Å². The van der Waals surface area contributed by atoms with Crippen LogP contribution in [-0.4, -0.2) is 110 Å². The highest BCUT2D eigenvalue weighted by molar-refractivity contribution is 5.80. The molecule has 1 aliphatic rings. The summed E-state index contributed by atoms with van der Waals surface area (Å²) in [5, 5.41) is 75.9. The zero-order valence-corrected chi connectivity index (χ0v) is 41.0. The zero-order valence-electron chi connectivity index (χ0n) is 41.0. The van der Waals surface area contributed by atoms with Gasteiger partial charge >= 0.3 is 0 Å². The lowest BCUT2D eigenvalue weighted by atomic mass is 9.98. The fourth-order valence-electron chi connectivity index (χ4n) is 8.58. The number of amides is 1.